The van der Waals surface area contributed by atoms with Crippen molar-refractivity contribution in [3.8, 4) is 22.8 Å². The number of aryl methyl sites for hydroxylation is 3. The van der Waals surface area contributed by atoms with Gasteiger partial charge in [0.25, 0.3) is 0 Å². The summed E-state index contributed by atoms with van der Waals surface area (Å²) in [5.41, 5.74) is 4.27. The van der Waals surface area contributed by atoms with Gasteiger partial charge in [0, 0.05) is 12.8 Å². The van der Waals surface area contributed by atoms with E-state index in [-0.39, 0.29) is 12.5 Å². The van der Waals surface area contributed by atoms with Crippen LogP contribution in [-0.4, -0.2) is 23.8 Å². The van der Waals surface area contributed by atoms with Crippen LogP contribution >= 0.6 is 0 Å². The summed E-state index contributed by atoms with van der Waals surface area (Å²) in [6.07, 6.45) is 3.98. The first-order chi connectivity index (χ1) is 15.0. The third kappa shape index (κ3) is 6.38. The second-order valence-electron chi connectivity index (χ2n) is 7.71. The maximum atomic E-state index is 10.8. The van der Waals surface area contributed by atoms with Crippen molar-refractivity contribution in [2.75, 3.05) is 6.61 Å². The van der Waals surface area contributed by atoms with Crippen molar-refractivity contribution in [1.82, 2.24) is 0 Å². The minimum Gasteiger partial charge on any atom is -0.493 e. The summed E-state index contributed by atoms with van der Waals surface area (Å²) in [6, 6.07) is 15.8. The second-order valence-corrected chi connectivity index (χ2v) is 7.71. The number of carbonyl (C=O) groups is 1. The molecule has 2 aromatic carbocycles. The van der Waals surface area contributed by atoms with Crippen LogP contribution in [0.25, 0.3) is 11.3 Å². The van der Waals surface area contributed by atoms with E-state index in [0.717, 1.165) is 46.8 Å². The molecule has 1 heterocycles. The zero-order chi connectivity index (χ0) is 22.2. The fraction of sp³-hybridized carbons (Fsp3) is 0.346. The summed E-state index contributed by atoms with van der Waals surface area (Å²) in [4.78, 5) is 10.8. The Kier molecular flexibility index (Phi) is 7.76. The summed E-state index contributed by atoms with van der Waals surface area (Å²) in [6.45, 7) is 6.66. The third-order valence-corrected chi connectivity index (χ3v) is 5.28. The van der Waals surface area contributed by atoms with Crippen molar-refractivity contribution in [2.24, 2.45) is 0 Å². The molecule has 1 N–H and O–H groups in total. The standard InChI is InChI=1S/C26H30O5/c1-4-20-7-11-25(23(17-20)24-6-5-14-30-24)31-19(3)13-15-29-22-10-8-21(18(2)16-22)9-12-26(27)28/h5-8,10-11,14,16-17,19H,4,9,12-13,15H2,1-3H3,(H,27,28). The van der Waals surface area contributed by atoms with Gasteiger partial charge in [-0.2, -0.15) is 0 Å². The summed E-state index contributed by atoms with van der Waals surface area (Å²) >= 11 is 0. The van der Waals surface area contributed by atoms with E-state index in [9.17, 15) is 4.79 Å². The van der Waals surface area contributed by atoms with Crippen LogP contribution in [0, 0.1) is 6.92 Å². The van der Waals surface area contributed by atoms with Gasteiger partial charge in [0.2, 0.25) is 0 Å². The fourth-order valence-electron chi connectivity index (χ4n) is 3.42. The van der Waals surface area contributed by atoms with Gasteiger partial charge in [-0.15, -0.1) is 0 Å². The lowest BCUT2D eigenvalue weighted by molar-refractivity contribution is -0.136. The van der Waals surface area contributed by atoms with Gasteiger partial charge in [0.1, 0.15) is 17.3 Å². The van der Waals surface area contributed by atoms with Gasteiger partial charge in [-0.3, -0.25) is 4.79 Å². The predicted molar refractivity (Wildman–Crippen MR) is 121 cm³/mol. The summed E-state index contributed by atoms with van der Waals surface area (Å²) in [7, 11) is 0. The molecule has 1 atom stereocenters. The molecule has 0 aliphatic carbocycles. The topological polar surface area (TPSA) is 68.9 Å². The zero-order valence-corrected chi connectivity index (χ0v) is 18.4. The highest BCUT2D eigenvalue weighted by Crippen LogP contribution is 2.32. The number of carboxylic acid groups (broad SMARTS) is 1. The SMILES string of the molecule is CCc1ccc(OC(C)CCOc2ccc(CCC(=O)O)c(C)c2)c(-c2ccco2)c1. The number of hydrogen-bond donors (Lipinski definition) is 1. The first-order valence-corrected chi connectivity index (χ1v) is 10.7. The lowest BCUT2D eigenvalue weighted by Gasteiger charge is -2.18. The Bertz CT molecular complexity index is 991. The monoisotopic (exact) mass is 422 g/mol. The molecule has 0 radical (unpaired) electrons. The van der Waals surface area contributed by atoms with E-state index in [1.165, 1.54) is 5.56 Å². The van der Waals surface area contributed by atoms with Gasteiger partial charge in [0.15, 0.2) is 0 Å². The lowest BCUT2D eigenvalue weighted by Crippen LogP contribution is -2.16. The summed E-state index contributed by atoms with van der Waals surface area (Å²) < 4.78 is 17.7. The smallest absolute Gasteiger partial charge is 0.303 e. The molecule has 3 rings (SSSR count). The minimum atomic E-state index is -0.784. The van der Waals surface area contributed by atoms with E-state index in [0.29, 0.717) is 13.0 Å². The van der Waals surface area contributed by atoms with Crippen molar-refractivity contribution < 1.29 is 23.8 Å². The maximum absolute atomic E-state index is 10.8. The average Bonchev–Trinajstić information content (AvgIpc) is 3.28. The molecule has 5 nitrogen and oxygen atoms in total. The number of ether oxygens (including phenoxy) is 2. The molecule has 0 fully saturated rings. The van der Waals surface area contributed by atoms with Crippen LogP contribution in [0.4, 0.5) is 0 Å². The number of rotatable bonds is 11. The van der Waals surface area contributed by atoms with Crippen molar-refractivity contribution in [3.05, 3.63) is 71.5 Å². The van der Waals surface area contributed by atoms with E-state index in [1.807, 2.05) is 50.2 Å². The quantitative estimate of drug-likeness (QED) is 0.406. The molecule has 0 saturated carbocycles. The Hall–Kier alpha value is -3.21. The molecule has 5 heteroatoms. The Morgan fingerprint density at radius 2 is 2.00 bits per heavy atom. The van der Waals surface area contributed by atoms with Crippen LogP contribution < -0.4 is 9.47 Å². The van der Waals surface area contributed by atoms with Gasteiger partial charge >= 0.3 is 5.97 Å². The summed E-state index contributed by atoms with van der Waals surface area (Å²) in [5, 5.41) is 8.85. The van der Waals surface area contributed by atoms with E-state index in [2.05, 4.69) is 19.1 Å². The Morgan fingerprint density at radius 1 is 1.16 bits per heavy atom. The lowest BCUT2D eigenvalue weighted by atomic mass is 10.0. The zero-order valence-electron chi connectivity index (χ0n) is 18.4. The molecule has 0 aliphatic heterocycles. The summed E-state index contributed by atoms with van der Waals surface area (Å²) in [5.74, 6) is 1.60. The van der Waals surface area contributed by atoms with Gasteiger partial charge in [-0.25, -0.2) is 0 Å². The van der Waals surface area contributed by atoms with Gasteiger partial charge in [-0.05, 0) is 79.8 Å². The van der Waals surface area contributed by atoms with Crippen LogP contribution in [0.15, 0.2) is 59.2 Å². The molecule has 0 spiro atoms. The molecule has 31 heavy (non-hydrogen) atoms. The van der Waals surface area contributed by atoms with Crippen molar-refractivity contribution in [1.29, 1.82) is 0 Å². The minimum absolute atomic E-state index is 0.0304. The molecule has 164 valence electrons. The van der Waals surface area contributed by atoms with E-state index >= 15 is 0 Å². The largest absolute Gasteiger partial charge is 0.493 e. The molecule has 0 saturated heterocycles. The highest BCUT2D eigenvalue weighted by atomic mass is 16.5. The van der Waals surface area contributed by atoms with Crippen molar-refractivity contribution in [2.45, 2.75) is 52.6 Å². The first-order valence-electron chi connectivity index (χ1n) is 10.7. The van der Waals surface area contributed by atoms with Gasteiger partial charge < -0.3 is 19.0 Å². The third-order valence-electron chi connectivity index (χ3n) is 5.28. The average molecular weight is 423 g/mol. The predicted octanol–water partition coefficient (Wildman–Crippen LogP) is 6.07. The molecule has 0 aliphatic rings. The number of aliphatic carboxylic acids is 1. The van der Waals surface area contributed by atoms with E-state index in [1.54, 1.807) is 6.26 Å². The van der Waals surface area contributed by atoms with Crippen molar-refractivity contribution in [3.63, 3.8) is 0 Å². The Balaban J connectivity index is 1.56. The molecule has 1 unspecified atom stereocenters. The second kappa shape index (κ2) is 10.7. The highest BCUT2D eigenvalue weighted by Gasteiger charge is 2.13. The molecule has 0 bridgehead atoms. The van der Waals surface area contributed by atoms with Crippen LogP contribution in [0.2, 0.25) is 0 Å². The van der Waals surface area contributed by atoms with Crippen LogP contribution in [0.5, 0.6) is 11.5 Å². The van der Waals surface area contributed by atoms with Crippen LogP contribution in [-0.2, 0) is 17.6 Å². The van der Waals surface area contributed by atoms with Gasteiger partial charge in [-0.1, -0.05) is 19.1 Å². The van der Waals surface area contributed by atoms with E-state index in [4.69, 9.17) is 19.0 Å². The molecule has 3 aromatic rings. The fourth-order valence-corrected chi connectivity index (χ4v) is 3.42. The Morgan fingerprint density at radius 3 is 2.68 bits per heavy atom. The Labute approximate surface area is 183 Å². The number of furan rings is 1. The van der Waals surface area contributed by atoms with E-state index < -0.39 is 5.97 Å². The maximum Gasteiger partial charge on any atom is 0.303 e. The molecule has 1 aromatic heterocycles. The number of hydrogen-bond acceptors (Lipinski definition) is 4. The molecular weight excluding hydrogens is 392 g/mol. The van der Waals surface area contributed by atoms with Crippen LogP contribution in [0.1, 0.15) is 43.4 Å². The first kappa shape index (κ1) is 22.5. The normalized spacial score (nSPS) is 11.8. The molecular formula is C26H30O5. The van der Waals surface area contributed by atoms with Gasteiger partial charge in [0.05, 0.1) is 24.5 Å². The highest BCUT2D eigenvalue weighted by molar-refractivity contribution is 5.67. The number of benzene rings is 2. The van der Waals surface area contributed by atoms with Crippen LogP contribution in [0.3, 0.4) is 0 Å². The molecule has 0 amide bonds. The van der Waals surface area contributed by atoms with Crippen molar-refractivity contribution >= 4 is 5.97 Å². The number of carboxylic acids is 1.